The number of hydrogen-bond donors (Lipinski definition) is 1. The summed E-state index contributed by atoms with van der Waals surface area (Å²) in [5, 5.41) is 11.0. The van der Waals surface area contributed by atoms with Gasteiger partial charge in [-0.1, -0.05) is 36.4 Å². The molecule has 0 saturated heterocycles. The SMILES string of the molecule is CC(=O)C[C@]1(O)C(=O)N(Cc2ccccc2OC(C)C)c2ccccc21. The van der Waals surface area contributed by atoms with E-state index < -0.39 is 11.5 Å². The highest BCUT2D eigenvalue weighted by atomic mass is 16.5. The van der Waals surface area contributed by atoms with Crippen LogP contribution in [0.4, 0.5) is 5.69 Å². The van der Waals surface area contributed by atoms with E-state index in [1.54, 1.807) is 18.2 Å². The Morgan fingerprint density at radius 1 is 1.15 bits per heavy atom. The number of rotatable bonds is 6. The van der Waals surface area contributed by atoms with E-state index in [0.717, 1.165) is 5.56 Å². The molecule has 0 bridgehead atoms. The molecule has 0 aliphatic carbocycles. The molecular formula is C21H23NO4. The molecular weight excluding hydrogens is 330 g/mol. The van der Waals surface area contributed by atoms with Crippen molar-refractivity contribution in [3.8, 4) is 5.75 Å². The highest BCUT2D eigenvalue weighted by Crippen LogP contribution is 2.43. The van der Waals surface area contributed by atoms with Gasteiger partial charge in [0.15, 0.2) is 5.60 Å². The number of carbonyl (C=O) groups is 2. The number of nitrogens with zero attached hydrogens (tertiary/aromatic N) is 1. The van der Waals surface area contributed by atoms with Crippen molar-refractivity contribution >= 4 is 17.4 Å². The molecule has 26 heavy (non-hydrogen) atoms. The van der Waals surface area contributed by atoms with Gasteiger partial charge in [-0.15, -0.1) is 0 Å². The molecule has 1 atom stereocenters. The summed E-state index contributed by atoms with van der Waals surface area (Å²) in [4.78, 5) is 26.2. The normalized spacial score (nSPS) is 19.0. The van der Waals surface area contributed by atoms with Gasteiger partial charge < -0.3 is 14.7 Å². The monoisotopic (exact) mass is 353 g/mol. The number of carbonyl (C=O) groups excluding carboxylic acids is 2. The number of amides is 1. The van der Waals surface area contributed by atoms with E-state index in [0.29, 0.717) is 17.0 Å². The maximum Gasteiger partial charge on any atom is 0.264 e. The van der Waals surface area contributed by atoms with Gasteiger partial charge in [-0.2, -0.15) is 0 Å². The molecule has 2 aromatic rings. The van der Waals surface area contributed by atoms with Crippen LogP contribution in [0.25, 0.3) is 0 Å². The fourth-order valence-corrected chi connectivity index (χ4v) is 3.37. The summed E-state index contributed by atoms with van der Waals surface area (Å²) in [6.45, 7) is 5.53. The van der Waals surface area contributed by atoms with Gasteiger partial charge in [0, 0.05) is 17.5 Å². The van der Waals surface area contributed by atoms with Crippen molar-refractivity contribution < 1.29 is 19.4 Å². The first-order valence-corrected chi connectivity index (χ1v) is 8.71. The molecule has 1 heterocycles. The molecule has 5 nitrogen and oxygen atoms in total. The number of para-hydroxylation sites is 2. The van der Waals surface area contributed by atoms with Crippen LogP contribution in [0.5, 0.6) is 5.75 Å². The first kappa shape index (κ1) is 18.1. The van der Waals surface area contributed by atoms with Crippen LogP contribution in [0.15, 0.2) is 48.5 Å². The van der Waals surface area contributed by atoms with Crippen molar-refractivity contribution in [2.24, 2.45) is 0 Å². The van der Waals surface area contributed by atoms with Crippen LogP contribution < -0.4 is 9.64 Å². The van der Waals surface area contributed by atoms with Crippen LogP contribution in [-0.2, 0) is 21.7 Å². The molecule has 0 fully saturated rings. The number of Topliss-reactive ketones (excluding diaryl/α,β-unsaturated/α-hetero) is 1. The van der Waals surface area contributed by atoms with E-state index in [9.17, 15) is 14.7 Å². The summed E-state index contributed by atoms with van der Waals surface area (Å²) in [7, 11) is 0. The van der Waals surface area contributed by atoms with Crippen LogP contribution in [0.2, 0.25) is 0 Å². The second kappa shape index (κ2) is 6.92. The van der Waals surface area contributed by atoms with Gasteiger partial charge in [0.25, 0.3) is 5.91 Å². The summed E-state index contributed by atoms with van der Waals surface area (Å²) < 4.78 is 5.84. The number of aliphatic hydroxyl groups is 1. The van der Waals surface area contributed by atoms with Crippen molar-refractivity contribution in [3.05, 3.63) is 59.7 Å². The zero-order chi connectivity index (χ0) is 18.9. The molecule has 0 saturated carbocycles. The molecule has 3 rings (SSSR count). The minimum absolute atomic E-state index is 0.00682. The van der Waals surface area contributed by atoms with Crippen molar-refractivity contribution in [1.29, 1.82) is 0 Å². The van der Waals surface area contributed by atoms with Gasteiger partial charge in [0.1, 0.15) is 11.5 Å². The number of benzene rings is 2. The van der Waals surface area contributed by atoms with Gasteiger partial charge in [0.2, 0.25) is 0 Å². The molecule has 2 aromatic carbocycles. The maximum absolute atomic E-state index is 13.0. The van der Waals surface area contributed by atoms with Crippen LogP contribution in [0.1, 0.15) is 38.3 Å². The van der Waals surface area contributed by atoms with Gasteiger partial charge in [-0.3, -0.25) is 9.59 Å². The zero-order valence-corrected chi connectivity index (χ0v) is 15.2. The van der Waals surface area contributed by atoms with Crippen molar-refractivity contribution in [2.75, 3.05) is 4.90 Å². The van der Waals surface area contributed by atoms with Crippen molar-refractivity contribution in [1.82, 2.24) is 0 Å². The third-order valence-corrected chi connectivity index (χ3v) is 4.41. The van der Waals surface area contributed by atoms with Crippen LogP contribution in [0, 0.1) is 0 Å². The van der Waals surface area contributed by atoms with Crippen LogP contribution >= 0.6 is 0 Å². The van der Waals surface area contributed by atoms with E-state index >= 15 is 0 Å². The lowest BCUT2D eigenvalue weighted by Gasteiger charge is -2.23. The second-order valence-corrected chi connectivity index (χ2v) is 6.92. The largest absolute Gasteiger partial charge is 0.491 e. The molecule has 1 aliphatic heterocycles. The number of hydrogen-bond acceptors (Lipinski definition) is 4. The lowest BCUT2D eigenvalue weighted by atomic mass is 9.90. The van der Waals surface area contributed by atoms with E-state index in [1.165, 1.54) is 11.8 Å². The third kappa shape index (κ3) is 3.22. The molecule has 1 N–H and O–H groups in total. The molecule has 0 unspecified atom stereocenters. The van der Waals surface area contributed by atoms with Crippen LogP contribution in [0.3, 0.4) is 0 Å². The minimum atomic E-state index is -1.81. The van der Waals surface area contributed by atoms with Crippen molar-refractivity contribution in [2.45, 2.75) is 45.4 Å². The highest BCUT2D eigenvalue weighted by Gasteiger charge is 2.50. The van der Waals surface area contributed by atoms with Gasteiger partial charge in [0.05, 0.1) is 18.3 Å². The van der Waals surface area contributed by atoms with Gasteiger partial charge >= 0.3 is 0 Å². The lowest BCUT2D eigenvalue weighted by Crippen LogP contribution is -2.41. The number of anilines is 1. The quantitative estimate of drug-likeness (QED) is 0.866. The molecule has 0 spiro atoms. The summed E-state index contributed by atoms with van der Waals surface area (Å²) >= 11 is 0. The zero-order valence-electron chi connectivity index (χ0n) is 15.2. The Balaban J connectivity index is 2.00. The highest BCUT2D eigenvalue weighted by molar-refractivity contribution is 6.08. The number of ketones is 1. The summed E-state index contributed by atoms with van der Waals surface area (Å²) in [6.07, 6.45) is -0.226. The van der Waals surface area contributed by atoms with E-state index in [1.807, 2.05) is 44.2 Å². The predicted molar refractivity (Wildman–Crippen MR) is 99.0 cm³/mol. The van der Waals surface area contributed by atoms with Gasteiger partial charge in [-0.25, -0.2) is 0 Å². The molecule has 136 valence electrons. The molecule has 1 aliphatic rings. The molecule has 5 heteroatoms. The van der Waals surface area contributed by atoms with Gasteiger partial charge in [-0.05, 0) is 32.9 Å². The Morgan fingerprint density at radius 2 is 1.81 bits per heavy atom. The smallest absolute Gasteiger partial charge is 0.264 e. The molecule has 0 radical (unpaired) electrons. The summed E-state index contributed by atoms with van der Waals surface area (Å²) in [5.74, 6) is -0.0101. The second-order valence-electron chi connectivity index (χ2n) is 6.92. The van der Waals surface area contributed by atoms with Crippen molar-refractivity contribution in [3.63, 3.8) is 0 Å². The fraction of sp³-hybridized carbons (Fsp3) is 0.333. The van der Waals surface area contributed by atoms with E-state index in [-0.39, 0.29) is 24.9 Å². The first-order chi connectivity index (χ1) is 12.3. The Labute approximate surface area is 153 Å². The Bertz CT molecular complexity index is 845. The Morgan fingerprint density at radius 3 is 2.50 bits per heavy atom. The average molecular weight is 353 g/mol. The molecule has 1 amide bonds. The lowest BCUT2D eigenvalue weighted by molar-refractivity contribution is -0.141. The number of fused-ring (bicyclic) bond motifs is 1. The topological polar surface area (TPSA) is 66.8 Å². The van der Waals surface area contributed by atoms with E-state index in [2.05, 4.69) is 0 Å². The third-order valence-electron chi connectivity index (χ3n) is 4.41. The van der Waals surface area contributed by atoms with E-state index in [4.69, 9.17) is 4.74 Å². The number of ether oxygens (including phenoxy) is 1. The van der Waals surface area contributed by atoms with Crippen LogP contribution in [-0.4, -0.2) is 22.9 Å². The average Bonchev–Trinajstić information content (AvgIpc) is 2.78. The first-order valence-electron chi connectivity index (χ1n) is 8.71. The Hall–Kier alpha value is -2.66. The minimum Gasteiger partial charge on any atom is -0.491 e. The summed E-state index contributed by atoms with van der Waals surface area (Å²) in [5.41, 5.74) is 0.135. The maximum atomic E-state index is 13.0. The Kier molecular flexibility index (Phi) is 4.83. The fourth-order valence-electron chi connectivity index (χ4n) is 3.37. The molecule has 0 aromatic heterocycles. The standard InChI is InChI=1S/C21H23NO4/c1-14(2)26-19-11-7-4-8-16(19)13-22-18-10-6-5-9-17(18)21(25,20(22)24)12-15(3)23/h4-11,14,25H,12-13H2,1-3H3/t21-/m1/s1. The predicted octanol–water partition coefficient (Wildman–Crippen LogP) is 3.19. The summed E-state index contributed by atoms with van der Waals surface area (Å²) in [6, 6.07) is 14.6.